The van der Waals surface area contributed by atoms with Crippen molar-refractivity contribution in [1.29, 1.82) is 0 Å². The molecule has 0 amide bonds. The molecule has 112 valence electrons. The molecule has 2 aliphatic rings. The second-order valence-corrected chi connectivity index (χ2v) is 7.86. The van der Waals surface area contributed by atoms with E-state index in [1.165, 1.54) is 4.31 Å². The van der Waals surface area contributed by atoms with Crippen molar-refractivity contribution in [2.75, 3.05) is 26.2 Å². The number of piperidine rings is 1. The van der Waals surface area contributed by atoms with Crippen LogP contribution in [0.1, 0.15) is 45.4 Å². The maximum atomic E-state index is 12.2. The van der Waals surface area contributed by atoms with Crippen molar-refractivity contribution in [2.45, 2.75) is 45.4 Å². The van der Waals surface area contributed by atoms with Gasteiger partial charge in [0.15, 0.2) is 0 Å². The van der Waals surface area contributed by atoms with Crippen LogP contribution in [0.4, 0.5) is 0 Å². The molecule has 1 saturated heterocycles. The second-order valence-electron chi connectivity index (χ2n) is 6.10. The van der Waals surface area contributed by atoms with Gasteiger partial charge in [-0.05, 0) is 43.4 Å². The maximum absolute atomic E-state index is 12.2. The minimum absolute atomic E-state index is 0.168. The van der Waals surface area contributed by atoms with Crippen LogP contribution in [0.5, 0.6) is 0 Å². The quantitative estimate of drug-likeness (QED) is 0.738. The van der Waals surface area contributed by atoms with Gasteiger partial charge in [0.2, 0.25) is 0 Å². The fourth-order valence-corrected chi connectivity index (χ4v) is 4.25. The lowest BCUT2D eigenvalue weighted by molar-refractivity contribution is 0.169. The molecule has 0 radical (unpaired) electrons. The summed E-state index contributed by atoms with van der Waals surface area (Å²) >= 11 is 0. The van der Waals surface area contributed by atoms with E-state index < -0.39 is 10.2 Å². The van der Waals surface area contributed by atoms with Gasteiger partial charge in [-0.2, -0.15) is 12.7 Å². The SMILES string of the molecule is CCCC1(CNS(=O)(=O)N2CCC(CO)CC2)CC1. The van der Waals surface area contributed by atoms with Crippen LogP contribution in [0.25, 0.3) is 0 Å². The molecule has 0 bridgehead atoms. The summed E-state index contributed by atoms with van der Waals surface area (Å²) < 4.78 is 28.7. The Labute approximate surface area is 116 Å². The van der Waals surface area contributed by atoms with E-state index in [0.29, 0.717) is 19.6 Å². The first-order valence-corrected chi connectivity index (χ1v) is 8.81. The zero-order chi connectivity index (χ0) is 13.9. The monoisotopic (exact) mass is 290 g/mol. The number of hydrogen-bond acceptors (Lipinski definition) is 3. The normalized spacial score (nSPS) is 24.5. The number of aliphatic hydroxyl groups excluding tert-OH is 1. The Morgan fingerprint density at radius 2 is 1.95 bits per heavy atom. The summed E-state index contributed by atoms with van der Waals surface area (Å²) in [4.78, 5) is 0. The van der Waals surface area contributed by atoms with Gasteiger partial charge < -0.3 is 5.11 Å². The van der Waals surface area contributed by atoms with Gasteiger partial charge in [-0.3, -0.25) is 0 Å². The molecule has 5 nitrogen and oxygen atoms in total. The average Bonchev–Trinajstić information content (AvgIpc) is 3.18. The molecule has 0 atom stereocenters. The average molecular weight is 290 g/mol. The third-order valence-corrected chi connectivity index (χ3v) is 6.09. The number of aliphatic hydroxyl groups is 1. The lowest BCUT2D eigenvalue weighted by atomic mass is 10.00. The summed E-state index contributed by atoms with van der Waals surface area (Å²) in [5.41, 5.74) is 0.241. The summed E-state index contributed by atoms with van der Waals surface area (Å²) in [5.74, 6) is 0.265. The summed E-state index contributed by atoms with van der Waals surface area (Å²) in [6, 6.07) is 0. The van der Waals surface area contributed by atoms with Crippen molar-refractivity contribution in [3.05, 3.63) is 0 Å². The molecule has 0 aromatic carbocycles. The highest BCUT2D eigenvalue weighted by Gasteiger charge is 2.42. The van der Waals surface area contributed by atoms with Crippen LogP contribution < -0.4 is 4.72 Å². The van der Waals surface area contributed by atoms with E-state index in [1.54, 1.807) is 0 Å². The van der Waals surface area contributed by atoms with E-state index in [4.69, 9.17) is 5.11 Å². The summed E-state index contributed by atoms with van der Waals surface area (Å²) in [6.45, 7) is 3.96. The molecule has 1 saturated carbocycles. The lowest BCUT2D eigenvalue weighted by Gasteiger charge is -2.30. The van der Waals surface area contributed by atoms with Crippen molar-refractivity contribution in [3.8, 4) is 0 Å². The van der Waals surface area contributed by atoms with E-state index in [2.05, 4.69) is 11.6 Å². The van der Waals surface area contributed by atoms with E-state index >= 15 is 0 Å². The van der Waals surface area contributed by atoms with Crippen molar-refractivity contribution in [2.24, 2.45) is 11.3 Å². The van der Waals surface area contributed by atoms with E-state index in [9.17, 15) is 8.42 Å². The van der Waals surface area contributed by atoms with Gasteiger partial charge in [-0.1, -0.05) is 13.3 Å². The largest absolute Gasteiger partial charge is 0.396 e. The van der Waals surface area contributed by atoms with Gasteiger partial charge >= 0.3 is 0 Å². The van der Waals surface area contributed by atoms with Crippen LogP contribution in [0.2, 0.25) is 0 Å². The molecule has 0 spiro atoms. The lowest BCUT2D eigenvalue weighted by Crippen LogP contribution is -2.46. The second kappa shape index (κ2) is 6.08. The molecule has 1 aliphatic heterocycles. The topological polar surface area (TPSA) is 69.6 Å². The van der Waals surface area contributed by atoms with E-state index in [1.807, 2.05) is 0 Å². The molecule has 2 rings (SSSR count). The van der Waals surface area contributed by atoms with Crippen LogP contribution in [-0.2, 0) is 10.2 Å². The third kappa shape index (κ3) is 3.90. The molecule has 0 aromatic rings. The van der Waals surface area contributed by atoms with Crippen molar-refractivity contribution < 1.29 is 13.5 Å². The fraction of sp³-hybridized carbons (Fsp3) is 1.00. The number of nitrogens with one attached hydrogen (secondary N) is 1. The smallest absolute Gasteiger partial charge is 0.279 e. The molecule has 6 heteroatoms. The van der Waals surface area contributed by atoms with Crippen LogP contribution >= 0.6 is 0 Å². The highest BCUT2D eigenvalue weighted by Crippen LogP contribution is 2.49. The molecule has 1 heterocycles. The molecular weight excluding hydrogens is 264 g/mol. The first-order chi connectivity index (χ1) is 9.01. The van der Waals surface area contributed by atoms with Gasteiger partial charge in [-0.25, -0.2) is 4.72 Å². The van der Waals surface area contributed by atoms with Gasteiger partial charge in [-0.15, -0.1) is 0 Å². The number of hydrogen-bond donors (Lipinski definition) is 2. The number of nitrogens with zero attached hydrogens (tertiary/aromatic N) is 1. The van der Waals surface area contributed by atoms with Crippen molar-refractivity contribution in [1.82, 2.24) is 9.03 Å². The maximum Gasteiger partial charge on any atom is 0.279 e. The van der Waals surface area contributed by atoms with Crippen LogP contribution in [0.3, 0.4) is 0 Å². The molecule has 2 N–H and O–H groups in total. The molecule has 0 aromatic heterocycles. The molecule has 2 fully saturated rings. The zero-order valence-electron chi connectivity index (χ0n) is 11.8. The van der Waals surface area contributed by atoms with Gasteiger partial charge in [0, 0.05) is 26.2 Å². The highest BCUT2D eigenvalue weighted by atomic mass is 32.2. The Kier molecular flexibility index (Phi) is 4.87. The van der Waals surface area contributed by atoms with Gasteiger partial charge in [0.1, 0.15) is 0 Å². The molecule has 1 aliphatic carbocycles. The van der Waals surface area contributed by atoms with Gasteiger partial charge in [0.25, 0.3) is 10.2 Å². The summed E-state index contributed by atoms with van der Waals surface area (Å²) in [7, 11) is -3.32. The Hall–Kier alpha value is -0.170. The number of rotatable bonds is 7. The Morgan fingerprint density at radius 1 is 1.32 bits per heavy atom. The Bertz CT molecular complexity index is 385. The minimum Gasteiger partial charge on any atom is -0.396 e. The summed E-state index contributed by atoms with van der Waals surface area (Å²) in [6.07, 6.45) is 6.05. The predicted molar refractivity (Wildman–Crippen MR) is 74.9 cm³/mol. The fourth-order valence-electron chi connectivity index (χ4n) is 2.89. The van der Waals surface area contributed by atoms with Crippen LogP contribution in [0.15, 0.2) is 0 Å². The third-order valence-electron chi connectivity index (χ3n) is 4.54. The molecular formula is C13H26N2O3S. The first kappa shape index (κ1) is 15.2. The van der Waals surface area contributed by atoms with E-state index in [0.717, 1.165) is 38.5 Å². The Balaban J connectivity index is 1.82. The van der Waals surface area contributed by atoms with Crippen molar-refractivity contribution >= 4 is 10.2 Å². The Morgan fingerprint density at radius 3 is 2.42 bits per heavy atom. The summed E-state index contributed by atoms with van der Waals surface area (Å²) in [5, 5.41) is 9.07. The minimum atomic E-state index is -3.32. The standard InChI is InChI=1S/C13H26N2O3S/c1-2-5-13(6-7-13)11-14-19(17,18)15-8-3-12(10-16)4-9-15/h12,14,16H,2-11H2,1H3. The molecule has 19 heavy (non-hydrogen) atoms. The first-order valence-electron chi connectivity index (χ1n) is 7.37. The highest BCUT2D eigenvalue weighted by molar-refractivity contribution is 7.87. The predicted octanol–water partition coefficient (Wildman–Crippen LogP) is 1.11. The van der Waals surface area contributed by atoms with Crippen molar-refractivity contribution in [3.63, 3.8) is 0 Å². The van der Waals surface area contributed by atoms with Crippen LogP contribution in [0, 0.1) is 11.3 Å². The van der Waals surface area contributed by atoms with Crippen LogP contribution in [-0.4, -0.2) is 44.1 Å². The molecule has 0 unspecified atom stereocenters. The zero-order valence-corrected chi connectivity index (χ0v) is 12.6. The van der Waals surface area contributed by atoms with E-state index in [-0.39, 0.29) is 17.9 Å². The van der Waals surface area contributed by atoms with Gasteiger partial charge in [0.05, 0.1) is 0 Å².